The van der Waals surface area contributed by atoms with E-state index in [-0.39, 0.29) is 18.1 Å². The van der Waals surface area contributed by atoms with Crippen LogP contribution in [0.4, 0.5) is 0 Å². The predicted molar refractivity (Wildman–Crippen MR) is 235 cm³/mol. The van der Waals surface area contributed by atoms with Gasteiger partial charge in [0, 0.05) is 58.0 Å². The smallest absolute Gasteiger partial charge is 0.219 e. The average Bonchev–Trinajstić information content (AvgIpc) is 3.79. The second-order valence-corrected chi connectivity index (χ2v) is 25.9. The number of aryl methyl sites for hydroxylation is 1. The Morgan fingerprint density at radius 1 is 1.07 bits per heavy atom. The van der Waals surface area contributed by atoms with Crippen molar-refractivity contribution in [2.45, 2.75) is 116 Å². The number of benzene rings is 1. The van der Waals surface area contributed by atoms with Gasteiger partial charge in [-0.3, -0.25) is 14.5 Å². The normalized spacial score (nSPS) is 17.6. The zero-order chi connectivity index (χ0) is 40.5. The monoisotopic (exact) mass is 916 g/mol. The van der Waals surface area contributed by atoms with Gasteiger partial charge in [-0.05, 0) is 90.1 Å². The molecular weight excluding hydrogens is 856 g/mol. The molecule has 1 aromatic carbocycles. The van der Waals surface area contributed by atoms with E-state index in [1.54, 1.807) is 0 Å². The first-order chi connectivity index (χ1) is 26.5. The molecule has 1 fully saturated rings. The van der Waals surface area contributed by atoms with Crippen LogP contribution < -0.4 is 4.74 Å². The van der Waals surface area contributed by atoms with Crippen LogP contribution in [0.25, 0.3) is 22.0 Å². The van der Waals surface area contributed by atoms with Crippen LogP contribution in [0.2, 0.25) is 16.6 Å². The van der Waals surface area contributed by atoms with Gasteiger partial charge in [-0.15, -0.1) is 5.54 Å². The second-order valence-electron chi connectivity index (χ2n) is 16.9. The molecular formula is C41H61IN8O4SSi. The Morgan fingerprint density at radius 2 is 1.80 bits per heavy atom. The van der Waals surface area contributed by atoms with E-state index < -0.39 is 17.9 Å². The van der Waals surface area contributed by atoms with Crippen LogP contribution in [0, 0.1) is 15.0 Å². The second kappa shape index (κ2) is 17.6. The van der Waals surface area contributed by atoms with Gasteiger partial charge in [-0.25, -0.2) is 17.8 Å². The molecule has 0 spiro atoms. The lowest BCUT2D eigenvalue weighted by atomic mass is 10.1. The number of fused-ring (bicyclic) bond motifs is 2. The van der Waals surface area contributed by atoms with E-state index in [0.717, 1.165) is 81.6 Å². The van der Waals surface area contributed by atoms with Crippen LogP contribution in [-0.4, -0.2) is 107 Å². The molecule has 4 aromatic rings. The van der Waals surface area contributed by atoms with Crippen molar-refractivity contribution in [3.63, 3.8) is 0 Å². The van der Waals surface area contributed by atoms with Gasteiger partial charge in [0.2, 0.25) is 5.88 Å². The Bertz CT molecular complexity index is 2160. The zero-order valence-electron chi connectivity index (χ0n) is 35.0. The summed E-state index contributed by atoms with van der Waals surface area (Å²) in [5.74, 6) is 4.56. The fourth-order valence-corrected chi connectivity index (χ4v) is 15.4. The van der Waals surface area contributed by atoms with Crippen molar-refractivity contribution in [1.82, 2.24) is 39.1 Å². The van der Waals surface area contributed by atoms with Crippen LogP contribution in [-0.2, 0) is 41.3 Å². The van der Waals surface area contributed by atoms with E-state index in [2.05, 4.69) is 132 Å². The minimum Gasteiger partial charge on any atom is -0.473 e. The van der Waals surface area contributed by atoms with E-state index in [0.29, 0.717) is 48.7 Å². The topological polar surface area (TPSA) is 113 Å². The molecule has 306 valence electrons. The van der Waals surface area contributed by atoms with Gasteiger partial charge < -0.3 is 9.47 Å². The molecule has 5 heterocycles. The molecule has 1 saturated heterocycles. The summed E-state index contributed by atoms with van der Waals surface area (Å²) in [4.78, 5) is 4.45. The van der Waals surface area contributed by atoms with Crippen molar-refractivity contribution >= 4 is 51.4 Å². The van der Waals surface area contributed by atoms with Gasteiger partial charge in [-0.2, -0.15) is 15.3 Å². The van der Waals surface area contributed by atoms with Crippen molar-refractivity contribution in [3.05, 3.63) is 45.0 Å². The molecule has 0 amide bonds. The SMILES string of the molecule is CC(C)[Si](C#Cc1nn(C2CCCCO2)c2ccc(-c3cnn(C)c3O[C@@H](C)CN(C)Cc3nn4c(c3I)CN(CCS(C)(=O)=O)CC4)cc12)(C(C)C)C(C)C. The molecule has 12 nitrogen and oxygen atoms in total. The minimum absolute atomic E-state index is 0.0948. The summed E-state index contributed by atoms with van der Waals surface area (Å²) >= 11 is 2.40. The average molecular weight is 917 g/mol. The van der Waals surface area contributed by atoms with Crippen molar-refractivity contribution < 1.29 is 17.9 Å². The molecule has 6 rings (SSSR count). The highest BCUT2D eigenvalue weighted by Gasteiger charge is 2.42. The van der Waals surface area contributed by atoms with Crippen molar-refractivity contribution in [2.24, 2.45) is 7.05 Å². The van der Waals surface area contributed by atoms with Crippen LogP contribution in [0.15, 0.2) is 24.4 Å². The number of likely N-dealkylation sites (N-methyl/N-ethyl adjacent to an activating group) is 1. The van der Waals surface area contributed by atoms with Gasteiger partial charge in [0.15, 0.2) is 6.23 Å². The van der Waals surface area contributed by atoms with E-state index in [1.807, 2.05) is 17.9 Å². The maximum absolute atomic E-state index is 11.7. The number of hydrogen-bond donors (Lipinski definition) is 0. The van der Waals surface area contributed by atoms with Gasteiger partial charge in [-0.1, -0.05) is 53.5 Å². The molecule has 0 bridgehead atoms. The highest BCUT2D eigenvalue weighted by molar-refractivity contribution is 14.1. The van der Waals surface area contributed by atoms with Gasteiger partial charge >= 0.3 is 0 Å². The summed E-state index contributed by atoms with van der Waals surface area (Å²) in [5, 5.41) is 15.8. The molecule has 0 aliphatic carbocycles. The lowest BCUT2D eigenvalue weighted by Gasteiger charge is -2.38. The maximum atomic E-state index is 11.7. The molecule has 56 heavy (non-hydrogen) atoms. The first-order valence-electron chi connectivity index (χ1n) is 20.2. The highest BCUT2D eigenvalue weighted by Crippen LogP contribution is 2.41. The summed E-state index contributed by atoms with van der Waals surface area (Å²) in [6.07, 6.45) is 6.10. The number of ether oxygens (including phenoxy) is 2. The lowest BCUT2D eigenvalue weighted by molar-refractivity contribution is -0.0367. The fraction of sp³-hybridized carbons (Fsp3) is 0.634. The molecule has 0 saturated carbocycles. The highest BCUT2D eigenvalue weighted by atomic mass is 127. The zero-order valence-corrected chi connectivity index (χ0v) is 38.9. The third-order valence-electron chi connectivity index (χ3n) is 11.7. The van der Waals surface area contributed by atoms with Gasteiger partial charge in [0.05, 0.1) is 44.5 Å². The Hall–Kier alpha value is -2.75. The maximum Gasteiger partial charge on any atom is 0.219 e. The molecule has 1 unspecified atom stereocenters. The van der Waals surface area contributed by atoms with E-state index in [4.69, 9.17) is 19.7 Å². The molecule has 2 aliphatic rings. The third kappa shape index (κ3) is 9.25. The van der Waals surface area contributed by atoms with E-state index in [1.165, 1.54) is 6.26 Å². The Labute approximate surface area is 348 Å². The van der Waals surface area contributed by atoms with Gasteiger partial charge in [0.1, 0.15) is 29.7 Å². The van der Waals surface area contributed by atoms with Crippen molar-refractivity contribution in [3.8, 4) is 28.5 Å². The third-order valence-corrected chi connectivity index (χ3v) is 20.2. The predicted octanol–water partition coefficient (Wildman–Crippen LogP) is 7.27. The summed E-state index contributed by atoms with van der Waals surface area (Å²) in [6.45, 7) is 21.1. The Morgan fingerprint density at radius 3 is 2.46 bits per heavy atom. The van der Waals surface area contributed by atoms with Gasteiger partial charge in [0.25, 0.3) is 0 Å². The quantitative estimate of drug-likeness (QED) is 0.0733. The number of hydrogen-bond acceptors (Lipinski definition) is 9. The first-order valence-corrected chi connectivity index (χ1v) is 25.5. The van der Waals surface area contributed by atoms with Crippen LogP contribution >= 0.6 is 22.6 Å². The molecule has 2 aliphatic heterocycles. The van der Waals surface area contributed by atoms with Crippen LogP contribution in [0.1, 0.15) is 91.0 Å². The number of aromatic nitrogens is 6. The lowest BCUT2D eigenvalue weighted by Crippen LogP contribution is -2.43. The number of rotatable bonds is 14. The standard InChI is InChI=1S/C41H61IN8O4SSi/c1-28(2)56(29(3)4,30(5)6)22-16-35-33-23-32(14-15-37(33)50(45-35)39-13-11-12-20-53-39)34-24-43-47(9)41(34)54-31(7)25-46(8)26-36-40(42)38-27-48(17-18-49(38)44-36)19-21-55(10,51)52/h14-15,23-24,28-31,39H,11-13,17-21,25-27H2,1-10H3/t31-,39?/m0/s1. The minimum atomic E-state index is -3.00. The van der Waals surface area contributed by atoms with E-state index in [9.17, 15) is 8.42 Å². The Balaban J connectivity index is 1.23. The summed E-state index contributed by atoms with van der Waals surface area (Å²) < 4.78 is 43.5. The fourth-order valence-electron chi connectivity index (χ4n) is 8.87. The van der Waals surface area contributed by atoms with Crippen molar-refractivity contribution in [1.29, 1.82) is 0 Å². The van der Waals surface area contributed by atoms with Crippen molar-refractivity contribution in [2.75, 3.05) is 45.3 Å². The summed E-state index contributed by atoms with van der Waals surface area (Å²) in [6, 6.07) is 6.51. The van der Waals surface area contributed by atoms with Crippen LogP contribution in [0.5, 0.6) is 5.88 Å². The number of sulfone groups is 1. The summed E-state index contributed by atoms with van der Waals surface area (Å²) in [5.41, 5.74) is 11.5. The molecule has 0 radical (unpaired) electrons. The van der Waals surface area contributed by atoms with Crippen LogP contribution in [0.3, 0.4) is 0 Å². The number of nitrogens with zero attached hydrogens (tertiary/aromatic N) is 8. The first kappa shape index (κ1) is 42.8. The Kier molecular flexibility index (Phi) is 13.5. The molecule has 2 atom stereocenters. The molecule has 0 N–H and O–H groups in total. The number of halogens is 1. The molecule has 3 aromatic heterocycles. The molecule has 15 heteroatoms. The largest absolute Gasteiger partial charge is 0.473 e. The summed E-state index contributed by atoms with van der Waals surface area (Å²) in [7, 11) is -0.975. The van der Waals surface area contributed by atoms with E-state index >= 15 is 0 Å².